The highest BCUT2D eigenvalue weighted by molar-refractivity contribution is 5.47. The van der Waals surface area contributed by atoms with Crippen molar-refractivity contribution < 1.29 is 0 Å². The lowest BCUT2D eigenvalue weighted by molar-refractivity contribution is 1.44. The van der Waals surface area contributed by atoms with Crippen molar-refractivity contribution >= 4 is 0 Å². The van der Waals surface area contributed by atoms with Gasteiger partial charge in [0, 0.05) is 11.1 Å². The molecule has 0 aliphatic heterocycles. The molecular formula is C14H12. The average Bonchev–Trinajstić information content (AvgIpc) is 2.70. The van der Waals surface area contributed by atoms with E-state index in [4.69, 9.17) is 0 Å². The van der Waals surface area contributed by atoms with Crippen LogP contribution < -0.4 is 0 Å². The van der Waals surface area contributed by atoms with Crippen LogP contribution in [0.2, 0.25) is 0 Å². The van der Waals surface area contributed by atoms with Crippen LogP contribution in [-0.4, -0.2) is 0 Å². The van der Waals surface area contributed by atoms with Gasteiger partial charge >= 0.3 is 0 Å². The SMILES string of the molecule is Cc1ccc(C#CC2=CCC=C2)cc1. The summed E-state index contributed by atoms with van der Waals surface area (Å²) in [6.45, 7) is 2.08. The van der Waals surface area contributed by atoms with E-state index in [9.17, 15) is 0 Å². The molecule has 0 nitrogen and oxygen atoms in total. The minimum atomic E-state index is 1.03. The highest BCUT2D eigenvalue weighted by Gasteiger charge is 1.91. The zero-order valence-corrected chi connectivity index (χ0v) is 8.25. The summed E-state index contributed by atoms with van der Waals surface area (Å²) in [5.41, 5.74) is 3.48. The third-order valence-electron chi connectivity index (χ3n) is 2.17. The van der Waals surface area contributed by atoms with Crippen molar-refractivity contribution in [1.29, 1.82) is 0 Å². The lowest BCUT2D eigenvalue weighted by Gasteiger charge is -1.91. The summed E-state index contributed by atoms with van der Waals surface area (Å²) in [5.74, 6) is 6.29. The molecule has 68 valence electrons. The molecule has 1 aromatic rings. The maximum atomic E-state index is 3.14. The fourth-order valence-corrected chi connectivity index (χ4v) is 1.33. The first-order chi connectivity index (χ1) is 6.84. The van der Waals surface area contributed by atoms with Gasteiger partial charge in [-0.3, -0.25) is 0 Å². The standard InChI is InChI=1S/C14H12/c1-12-6-8-14(9-7-12)11-10-13-4-2-3-5-13/h2,4-9H,3H2,1H3. The van der Waals surface area contributed by atoms with Gasteiger partial charge in [-0.1, -0.05) is 47.8 Å². The molecule has 0 unspecified atom stereocenters. The molecule has 0 radical (unpaired) electrons. The molecule has 0 aromatic heterocycles. The van der Waals surface area contributed by atoms with E-state index >= 15 is 0 Å². The van der Waals surface area contributed by atoms with E-state index in [1.54, 1.807) is 0 Å². The number of aryl methyl sites for hydroxylation is 1. The Labute approximate surface area is 85.0 Å². The van der Waals surface area contributed by atoms with Crippen LogP contribution in [0.4, 0.5) is 0 Å². The van der Waals surface area contributed by atoms with Gasteiger partial charge in [-0.15, -0.1) is 0 Å². The van der Waals surface area contributed by atoms with Crippen molar-refractivity contribution in [1.82, 2.24) is 0 Å². The van der Waals surface area contributed by atoms with Crippen molar-refractivity contribution in [2.75, 3.05) is 0 Å². The third-order valence-corrected chi connectivity index (χ3v) is 2.17. The Kier molecular flexibility index (Phi) is 2.51. The molecule has 14 heavy (non-hydrogen) atoms. The second-order valence-electron chi connectivity index (χ2n) is 3.41. The van der Waals surface area contributed by atoms with E-state index in [1.807, 2.05) is 0 Å². The van der Waals surface area contributed by atoms with Crippen molar-refractivity contribution in [3.8, 4) is 11.8 Å². The lowest BCUT2D eigenvalue weighted by atomic mass is 10.1. The highest BCUT2D eigenvalue weighted by atomic mass is 14.0. The molecular weight excluding hydrogens is 168 g/mol. The smallest absolute Gasteiger partial charge is 0.0249 e. The molecule has 0 heterocycles. The second-order valence-corrected chi connectivity index (χ2v) is 3.41. The second kappa shape index (κ2) is 3.98. The number of hydrogen-bond donors (Lipinski definition) is 0. The van der Waals surface area contributed by atoms with Gasteiger partial charge in [0.15, 0.2) is 0 Å². The van der Waals surface area contributed by atoms with Gasteiger partial charge in [-0.2, -0.15) is 0 Å². The van der Waals surface area contributed by atoms with Crippen LogP contribution in [0.15, 0.2) is 48.1 Å². The quantitative estimate of drug-likeness (QED) is 0.538. The largest absolute Gasteiger partial charge is 0.0795 e. The Morgan fingerprint density at radius 2 is 1.86 bits per heavy atom. The first-order valence-corrected chi connectivity index (χ1v) is 4.80. The summed E-state index contributed by atoms with van der Waals surface area (Å²) in [4.78, 5) is 0. The summed E-state index contributed by atoms with van der Waals surface area (Å²) in [7, 11) is 0. The molecule has 1 aliphatic carbocycles. The Balaban J connectivity index is 2.17. The zero-order valence-electron chi connectivity index (χ0n) is 8.25. The van der Waals surface area contributed by atoms with Gasteiger partial charge < -0.3 is 0 Å². The van der Waals surface area contributed by atoms with Crippen LogP contribution >= 0.6 is 0 Å². The molecule has 0 heteroatoms. The summed E-state index contributed by atoms with van der Waals surface area (Å²) in [6.07, 6.45) is 7.36. The molecule has 1 aromatic carbocycles. The Morgan fingerprint density at radius 1 is 1.07 bits per heavy atom. The van der Waals surface area contributed by atoms with E-state index in [0.29, 0.717) is 0 Å². The highest BCUT2D eigenvalue weighted by Crippen LogP contribution is 2.07. The molecule has 0 N–H and O–H groups in total. The monoisotopic (exact) mass is 180 g/mol. The fourth-order valence-electron chi connectivity index (χ4n) is 1.33. The van der Waals surface area contributed by atoms with Gasteiger partial charge in [-0.25, -0.2) is 0 Å². The zero-order chi connectivity index (χ0) is 9.80. The molecule has 1 aliphatic rings. The van der Waals surface area contributed by atoms with Crippen molar-refractivity contribution in [3.05, 3.63) is 59.2 Å². The van der Waals surface area contributed by atoms with Crippen LogP contribution in [-0.2, 0) is 0 Å². The van der Waals surface area contributed by atoms with Crippen molar-refractivity contribution in [3.63, 3.8) is 0 Å². The summed E-state index contributed by atoms with van der Waals surface area (Å²) in [6, 6.07) is 8.29. The van der Waals surface area contributed by atoms with E-state index in [0.717, 1.165) is 17.6 Å². The third kappa shape index (κ3) is 2.14. The van der Waals surface area contributed by atoms with Gasteiger partial charge in [0.25, 0.3) is 0 Å². The van der Waals surface area contributed by atoms with Gasteiger partial charge in [0.1, 0.15) is 0 Å². The Hall–Kier alpha value is -1.74. The van der Waals surface area contributed by atoms with E-state index in [-0.39, 0.29) is 0 Å². The van der Waals surface area contributed by atoms with Gasteiger partial charge in [-0.05, 0) is 25.5 Å². The molecule has 2 rings (SSSR count). The van der Waals surface area contributed by atoms with Crippen LogP contribution in [0.25, 0.3) is 0 Å². The van der Waals surface area contributed by atoms with E-state index in [1.165, 1.54) is 5.56 Å². The fraction of sp³-hybridized carbons (Fsp3) is 0.143. The number of rotatable bonds is 0. The first kappa shape index (κ1) is 8.84. The van der Waals surface area contributed by atoms with Crippen molar-refractivity contribution in [2.24, 2.45) is 0 Å². The summed E-state index contributed by atoms with van der Waals surface area (Å²) < 4.78 is 0. The lowest BCUT2D eigenvalue weighted by Crippen LogP contribution is -1.75. The predicted octanol–water partition coefficient (Wildman–Crippen LogP) is 3.23. The Bertz CT molecular complexity index is 433. The predicted molar refractivity (Wildman–Crippen MR) is 59.9 cm³/mol. The topological polar surface area (TPSA) is 0 Å². The molecule has 0 fully saturated rings. The molecule has 0 bridgehead atoms. The maximum absolute atomic E-state index is 3.14. The van der Waals surface area contributed by atoms with Crippen LogP contribution in [0.3, 0.4) is 0 Å². The summed E-state index contributed by atoms with van der Waals surface area (Å²) >= 11 is 0. The number of benzene rings is 1. The minimum Gasteiger partial charge on any atom is -0.0795 e. The summed E-state index contributed by atoms with van der Waals surface area (Å²) in [5, 5.41) is 0. The first-order valence-electron chi connectivity index (χ1n) is 4.80. The van der Waals surface area contributed by atoms with E-state index < -0.39 is 0 Å². The molecule has 0 spiro atoms. The number of allylic oxidation sites excluding steroid dienone is 4. The molecule has 0 saturated carbocycles. The number of hydrogen-bond acceptors (Lipinski definition) is 0. The van der Waals surface area contributed by atoms with Gasteiger partial charge in [0.05, 0.1) is 0 Å². The van der Waals surface area contributed by atoms with Gasteiger partial charge in [0.2, 0.25) is 0 Å². The molecule has 0 amide bonds. The molecule has 0 atom stereocenters. The van der Waals surface area contributed by atoms with Crippen LogP contribution in [0, 0.1) is 18.8 Å². The molecule has 0 saturated heterocycles. The maximum Gasteiger partial charge on any atom is 0.0249 e. The van der Waals surface area contributed by atoms with E-state index in [2.05, 4.69) is 61.3 Å². The average molecular weight is 180 g/mol. The van der Waals surface area contributed by atoms with Crippen molar-refractivity contribution in [2.45, 2.75) is 13.3 Å². The van der Waals surface area contributed by atoms with Crippen LogP contribution in [0.5, 0.6) is 0 Å². The normalized spacial score (nSPS) is 13.4. The Morgan fingerprint density at radius 3 is 2.50 bits per heavy atom. The van der Waals surface area contributed by atoms with Crippen LogP contribution in [0.1, 0.15) is 17.5 Å². The minimum absolute atomic E-state index is 1.03.